The summed E-state index contributed by atoms with van der Waals surface area (Å²) in [6, 6.07) is 9.13. The summed E-state index contributed by atoms with van der Waals surface area (Å²) >= 11 is 6.17. The molecule has 0 aliphatic rings. The second kappa shape index (κ2) is 7.90. The Hall–Kier alpha value is -3.06. The van der Waals surface area contributed by atoms with Gasteiger partial charge in [0.1, 0.15) is 11.5 Å². The third kappa shape index (κ3) is 3.66. The van der Waals surface area contributed by atoms with E-state index in [4.69, 9.17) is 21.1 Å². The number of nitrogens with zero attached hydrogens (tertiary/aromatic N) is 3. The Morgan fingerprint density at radius 3 is 2.39 bits per heavy atom. The van der Waals surface area contributed by atoms with Gasteiger partial charge in [-0.25, -0.2) is 4.68 Å². The first-order chi connectivity index (χ1) is 13.3. The number of nitrogens with one attached hydrogen (secondary N) is 1. The monoisotopic (exact) mass is 400 g/mol. The Morgan fingerprint density at radius 2 is 1.75 bits per heavy atom. The molecule has 3 rings (SSSR count). The van der Waals surface area contributed by atoms with E-state index in [1.165, 1.54) is 19.8 Å². The van der Waals surface area contributed by atoms with Crippen molar-refractivity contribution in [1.29, 1.82) is 0 Å². The highest BCUT2D eigenvalue weighted by atomic mass is 35.5. The fourth-order valence-electron chi connectivity index (χ4n) is 2.78. The maximum Gasteiger partial charge on any atom is 0.278 e. The quantitative estimate of drug-likeness (QED) is 0.697. The second-order valence-corrected chi connectivity index (χ2v) is 6.75. The number of amides is 1. The summed E-state index contributed by atoms with van der Waals surface area (Å²) in [4.78, 5) is 12.8. The largest absolute Gasteiger partial charge is 0.495 e. The number of carbonyl (C=O) groups is 1. The predicted octanol–water partition coefficient (Wildman–Crippen LogP) is 4.12. The summed E-state index contributed by atoms with van der Waals surface area (Å²) < 4.78 is 12.1. The van der Waals surface area contributed by atoms with Crippen LogP contribution in [0.1, 0.15) is 27.3 Å². The van der Waals surface area contributed by atoms with E-state index in [-0.39, 0.29) is 5.69 Å². The molecule has 0 spiro atoms. The van der Waals surface area contributed by atoms with Gasteiger partial charge in [0.2, 0.25) is 0 Å². The number of hydrogen-bond donors (Lipinski definition) is 1. The molecule has 0 atom stereocenters. The fourth-order valence-corrected chi connectivity index (χ4v) is 3.02. The van der Waals surface area contributed by atoms with E-state index in [0.29, 0.717) is 27.9 Å². The third-order valence-electron chi connectivity index (χ3n) is 4.57. The zero-order valence-electron chi connectivity index (χ0n) is 16.3. The zero-order valence-corrected chi connectivity index (χ0v) is 17.1. The van der Waals surface area contributed by atoms with E-state index in [1.54, 1.807) is 23.7 Å². The molecule has 0 unspecified atom stereocenters. The van der Waals surface area contributed by atoms with Crippen LogP contribution in [-0.2, 0) is 0 Å². The van der Waals surface area contributed by atoms with Crippen LogP contribution in [0.2, 0.25) is 5.02 Å². The molecule has 28 heavy (non-hydrogen) atoms. The van der Waals surface area contributed by atoms with E-state index in [2.05, 4.69) is 15.6 Å². The smallest absolute Gasteiger partial charge is 0.278 e. The molecule has 1 amide bonds. The summed E-state index contributed by atoms with van der Waals surface area (Å²) in [5, 5.41) is 11.3. The van der Waals surface area contributed by atoms with Crippen molar-refractivity contribution in [1.82, 2.24) is 15.0 Å². The number of carbonyl (C=O) groups excluding carboxylic acids is 1. The van der Waals surface area contributed by atoms with Gasteiger partial charge in [0.25, 0.3) is 5.91 Å². The lowest BCUT2D eigenvalue weighted by atomic mass is 10.1. The van der Waals surface area contributed by atoms with Crippen molar-refractivity contribution in [2.45, 2.75) is 20.8 Å². The van der Waals surface area contributed by atoms with Gasteiger partial charge < -0.3 is 14.8 Å². The van der Waals surface area contributed by atoms with Gasteiger partial charge in [0, 0.05) is 6.07 Å². The summed E-state index contributed by atoms with van der Waals surface area (Å²) in [5.74, 6) is 0.467. The van der Waals surface area contributed by atoms with E-state index >= 15 is 0 Å². The van der Waals surface area contributed by atoms with Crippen LogP contribution in [0.3, 0.4) is 0 Å². The van der Waals surface area contributed by atoms with Crippen molar-refractivity contribution in [2.24, 2.45) is 0 Å². The Kier molecular flexibility index (Phi) is 5.56. The van der Waals surface area contributed by atoms with Crippen molar-refractivity contribution in [3.05, 3.63) is 57.9 Å². The minimum absolute atomic E-state index is 0.215. The fraction of sp³-hybridized carbons (Fsp3) is 0.250. The molecule has 1 heterocycles. The van der Waals surface area contributed by atoms with E-state index in [1.807, 2.05) is 32.0 Å². The van der Waals surface area contributed by atoms with E-state index in [9.17, 15) is 4.79 Å². The van der Waals surface area contributed by atoms with E-state index < -0.39 is 5.91 Å². The average Bonchev–Trinajstić information content (AvgIpc) is 3.05. The molecule has 146 valence electrons. The average molecular weight is 401 g/mol. The SMILES string of the molecule is COc1cc(OC)c(NC(=O)c2nnn(-c3ccc(C)c(C)c3)c2C)cc1Cl. The van der Waals surface area contributed by atoms with E-state index in [0.717, 1.165) is 11.3 Å². The summed E-state index contributed by atoms with van der Waals surface area (Å²) in [5.41, 5.74) is 4.42. The lowest BCUT2D eigenvalue weighted by Crippen LogP contribution is -2.15. The first kappa shape index (κ1) is 19.7. The molecule has 2 aromatic carbocycles. The Balaban J connectivity index is 1.91. The molecular weight excluding hydrogens is 380 g/mol. The van der Waals surface area contributed by atoms with Crippen molar-refractivity contribution >= 4 is 23.2 Å². The van der Waals surface area contributed by atoms with Crippen LogP contribution in [-0.4, -0.2) is 35.1 Å². The molecule has 0 radical (unpaired) electrons. The maximum absolute atomic E-state index is 12.8. The third-order valence-corrected chi connectivity index (χ3v) is 4.86. The number of methoxy groups -OCH3 is 2. The number of halogens is 1. The van der Waals surface area contributed by atoms with Crippen molar-refractivity contribution in [3.63, 3.8) is 0 Å². The molecule has 0 saturated heterocycles. The molecule has 1 N–H and O–H groups in total. The number of aryl methyl sites for hydroxylation is 2. The zero-order chi connectivity index (χ0) is 20.4. The minimum Gasteiger partial charge on any atom is -0.495 e. The highest BCUT2D eigenvalue weighted by molar-refractivity contribution is 6.32. The molecule has 0 aliphatic heterocycles. The lowest BCUT2D eigenvalue weighted by molar-refractivity contribution is 0.102. The Bertz CT molecular complexity index is 1050. The first-order valence-corrected chi connectivity index (χ1v) is 8.96. The number of anilines is 1. The van der Waals surface area contributed by atoms with Gasteiger partial charge >= 0.3 is 0 Å². The van der Waals surface area contributed by atoms with Gasteiger partial charge in [-0.3, -0.25) is 4.79 Å². The van der Waals surface area contributed by atoms with Crippen LogP contribution >= 0.6 is 11.6 Å². The topological polar surface area (TPSA) is 78.3 Å². The normalized spacial score (nSPS) is 10.6. The number of benzene rings is 2. The molecule has 3 aromatic rings. The van der Waals surface area contributed by atoms with Crippen LogP contribution < -0.4 is 14.8 Å². The molecule has 0 bridgehead atoms. The van der Waals surface area contributed by atoms with Crippen LogP contribution in [0.4, 0.5) is 5.69 Å². The van der Waals surface area contributed by atoms with Crippen molar-refractivity contribution in [2.75, 3.05) is 19.5 Å². The predicted molar refractivity (Wildman–Crippen MR) is 108 cm³/mol. The lowest BCUT2D eigenvalue weighted by Gasteiger charge is -2.12. The van der Waals surface area contributed by atoms with Crippen molar-refractivity contribution < 1.29 is 14.3 Å². The highest BCUT2D eigenvalue weighted by Gasteiger charge is 2.20. The first-order valence-electron chi connectivity index (χ1n) is 8.58. The maximum atomic E-state index is 12.8. The minimum atomic E-state index is -0.410. The molecule has 7 nitrogen and oxygen atoms in total. The second-order valence-electron chi connectivity index (χ2n) is 6.34. The number of hydrogen-bond acceptors (Lipinski definition) is 5. The number of aromatic nitrogens is 3. The van der Waals surface area contributed by atoms with Gasteiger partial charge in [0.15, 0.2) is 5.69 Å². The standard InChI is InChI=1S/C20H21ClN4O3/c1-11-6-7-14(8-12(11)2)25-13(3)19(23-24-25)20(26)22-16-9-15(21)17(27-4)10-18(16)28-5/h6-10H,1-5H3,(H,22,26). The summed E-state index contributed by atoms with van der Waals surface area (Å²) in [6.07, 6.45) is 0. The van der Waals surface area contributed by atoms with Crippen LogP contribution in [0.5, 0.6) is 11.5 Å². The molecule has 0 aliphatic carbocycles. The number of ether oxygens (including phenoxy) is 2. The Labute approximate surface area is 168 Å². The molecule has 1 aromatic heterocycles. The van der Waals surface area contributed by atoms with Crippen molar-refractivity contribution in [3.8, 4) is 17.2 Å². The van der Waals surface area contributed by atoms with Gasteiger partial charge in [-0.2, -0.15) is 0 Å². The highest BCUT2D eigenvalue weighted by Crippen LogP contribution is 2.36. The van der Waals surface area contributed by atoms with Gasteiger partial charge in [-0.1, -0.05) is 22.9 Å². The van der Waals surface area contributed by atoms with Gasteiger partial charge in [-0.15, -0.1) is 5.10 Å². The van der Waals surface area contributed by atoms with Crippen LogP contribution in [0.25, 0.3) is 5.69 Å². The summed E-state index contributed by atoms with van der Waals surface area (Å²) in [7, 11) is 3.01. The van der Waals surface area contributed by atoms with Crippen LogP contribution in [0, 0.1) is 20.8 Å². The molecule has 8 heteroatoms. The molecule has 0 fully saturated rings. The molecule has 0 saturated carbocycles. The van der Waals surface area contributed by atoms with Gasteiger partial charge in [-0.05, 0) is 50.1 Å². The Morgan fingerprint density at radius 1 is 1.04 bits per heavy atom. The van der Waals surface area contributed by atoms with Gasteiger partial charge in [0.05, 0.1) is 36.3 Å². The number of rotatable bonds is 5. The summed E-state index contributed by atoms with van der Waals surface area (Å²) in [6.45, 7) is 5.86. The molecular formula is C20H21ClN4O3. The van der Waals surface area contributed by atoms with Crippen LogP contribution in [0.15, 0.2) is 30.3 Å².